The summed E-state index contributed by atoms with van der Waals surface area (Å²) in [5.74, 6) is 0.608. The summed E-state index contributed by atoms with van der Waals surface area (Å²) in [6.45, 7) is 9.87. The van der Waals surface area contributed by atoms with Crippen LogP contribution in [0.15, 0.2) is 0 Å². The van der Waals surface area contributed by atoms with Crippen LogP contribution < -0.4 is 5.32 Å². The molecule has 0 bridgehead atoms. The molecule has 2 aliphatic rings. The zero-order valence-electron chi connectivity index (χ0n) is 13.0. The average Bonchev–Trinajstić information content (AvgIpc) is 2.32. The highest BCUT2D eigenvalue weighted by molar-refractivity contribution is 5.04. The molecule has 2 N–H and O–H groups in total. The molecule has 2 rings (SSSR count). The van der Waals surface area contributed by atoms with E-state index in [1.807, 2.05) is 0 Å². The maximum absolute atomic E-state index is 9.75. The summed E-state index contributed by atoms with van der Waals surface area (Å²) in [6, 6.07) is 1.04. The summed E-state index contributed by atoms with van der Waals surface area (Å²) in [4.78, 5) is 0. The number of aliphatic hydroxyl groups is 1. The summed E-state index contributed by atoms with van der Waals surface area (Å²) < 4.78 is 6.01. The molecule has 0 heterocycles. The first-order chi connectivity index (χ1) is 8.89. The van der Waals surface area contributed by atoms with Crippen molar-refractivity contribution in [3.8, 4) is 0 Å². The minimum absolute atomic E-state index is 0.0950. The lowest BCUT2D eigenvalue weighted by molar-refractivity contribution is -0.127. The van der Waals surface area contributed by atoms with Crippen LogP contribution in [0, 0.1) is 11.3 Å². The largest absolute Gasteiger partial charge is 0.393 e. The fraction of sp³-hybridized carbons (Fsp3) is 1.00. The van der Waals surface area contributed by atoms with Crippen LogP contribution in [-0.2, 0) is 4.74 Å². The van der Waals surface area contributed by atoms with E-state index in [2.05, 4.69) is 33.0 Å². The third-order valence-electron chi connectivity index (χ3n) is 4.89. The second kappa shape index (κ2) is 6.11. The second-order valence-corrected chi connectivity index (χ2v) is 7.51. The monoisotopic (exact) mass is 269 g/mol. The Morgan fingerprint density at radius 1 is 1.26 bits per heavy atom. The van der Waals surface area contributed by atoms with Crippen LogP contribution in [0.2, 0.25) is 0 Å². The van der Waals surface area contributed by atoms with Crippen molar-refractivity contribution in [1.29, 1.82) is 0 Å². The highest BCUT2D eigenvalue weighted by Crippen LogP contribution is 2.43. The zero-order chi connectivity index (χ0) is 14.0. The smallest absolute Gasteiger partial charge is 0.0656 e. The van der Waals surface area contributed by atoms with Crippen molar-refractivity contribution >= 4 is 0 Å². The number of ether oxygens (including phenoxy) is 1. The van der Waals surface area contributed by atoms with Crippen molar-refractivity contribution < 1.29 is 9.84 Å². The lowest BCUT2D eigenvalue weighted by Crippen LogP contribution is -2.63. The molecule has 0 radical (unpaired) electrons. The van der Waals surface area contributed by atoms with E-state index in [1.165, 1.54) is 6.42 Å². The Hall–Kier alpha value is -0.120. The molecule has 2 saturated carbocycles. The third kappa shape index (κ3) is 3.71. The molecule has 0 aromatic heterocycles. The molecular formula is C16H31NO2. The van der Waals surface area contributed by atoms with Gasteiger partial charge in [0.05, 0.1) is 12.2 Å². The van der Waals surface area contributed by atoms with Crippen molar-refractivity contribution in [2.75, 3.05) is 6.61 Å². The standard InChI is InChI=1S/C16H31NO2/c1-11(2)10-19-15-9-14(16(15,3)4)17-12-6-5-7-13(18)8-12/h11-15,17-18H,5-10H2,1-4H3. The SMILES string of the molecule is CC(C)COC1CC(NC2CCCC(O)C2)C1(C)C. The van der Waals surface area contributed by atoms with Gasteiger partial charge in [-0.15, -0.1) is 0 Å². The average molecular weight is 269 g/mol. The molecule has 0 saturated heterocycles. The van der Waals surface area contributed by atoms with Crippen molar-refractivity contribution in [2.24, 2.45) is 11.3 Å². The minimum atomic E-state index is -0.0950. The molecule has 0 amide bonds. The molecule has 3 nitrogen and oxygen atoms in total. The van der Waals surface area contributed by atoms with Gasteiger partial charge in [0.1, 0.15) is 0 Å². The maximum Gasteiger partial charge on any atom is 0.0656 e. The Morgan fingerprint density at radius 2 is 2.00 bits per heavy atom. The first-order valence-electron chi connectivity index (χ1n) is 7.95. The van der Waals surface area contributed by atoms with E-state index in [9.17, 15) is 5.11 Å². The molecule has 4 atom stereocenters. The van der Waals surface area contributed by atoms with Crippen LogP contribution in [0.25, 0.3) is 0 Å². The summed E-state index contributed by atoms with van der Waals surface area (Å²) in [7, 11) is 0. The van der Waals surface area contributed by atoms with E-state index >= 15 is 0 Å². The number of nitrogens with one attached hydrogen (secondary N) is 1. The van der Waals surface area contributed by atoms with E-state index in [1.54, 1.807) is 0 Å². The molecular weight excluding hydrogens is 238 g/mol. The van der Waals surface area contributed by atoms with Crippen LogP contribution in [0.4, 0.5) is 0 Å². The van der Waals surface area contributed by atoms with Gasteiger partial charge < -0.3 is 15.2 Å². The van der Waals surface area contributed by atoms with Gasteiger partial charge in [-0.1, -0.05) is 27.7 Å². The molecule has 112 valence electrons. The van der Waals surface area contributed by atoms with Crippen molar-refractivity contribution in [1.82, 2.24) is 5.32 Å². The van der Waals surface area contributed by atoms with Crippen LogP contribution in [-0.4, -0.2) is 36.0 Å². The molecule has 0 aromatic rings. The molecule has 0 aromatic carbocycles. The van der Waals surface area contributed by atoms with Gasteiger partial charge in [-0.3, -0.25) is 0 Å². The molecule has 3 heteroatoms. The molecule has 0 spiro atoms. The fourth-order valence-corrected chi connectivity index (χ4v) is 3.36. The first kappa shape index (κ1) is 15.3. The quantitative estimate of drug-likeness (QED) is 0.806. The number of hydrogen-bond acceptors (Lipinski definition) is 3. The van der Waals surface area contributed by atoms with Crippen LogP contribution >= 0.6 is 0 Å². The Balaban J connectivity index is 1.77. The number of rotatable bonds is 5. The van der Waals surface area contributed by atoms with E-state index in [0.717, 1.165) is 32.3 Å². The van der Waals surface area contributed by atoms with Gasteiger partial charge in [0.25, 0.3) is 0 Å². The zero-order valence-corrected chi connectivity index (χ0v) is 13.0. The van der Waals surface area contributed by atoms with Crippen molar-refractivity contribution in [2.45, 2.75) is 84.1 Å². The molecule has 2 fully saturated rings. The minimum Gasteiger partial charge on any atom is -0.393 e. The molecule has 4 unspecified atom stereocenters. The lowest BCUT2D eigenvalue weighted by atomic mass is 9.64. The van der Waals surface area contributed by atoms with Gasteiger partial charge in [0.2, 0.25) is 0 Å². The van der Waals surface area contributed by atoms with Gasteiger partial charge in [-0.25, -0.2) is 0 Å². The summed E-state index contributed by atoms with van der Waals surface area (Å²) in [5, 5.41) is 13.5. The van der Waals surface area contributed by atoms with E-state index in [-0.39, 0.29) is 11.5 Å². The number of hydrogen-bond donors (Lipinski definition) is 2. The summed E-state index contributed by atoms with van der Waals surface area (Å²) >= 11 is 0. The summed E-state index contributed by atoms with van der Waals surface area (Å²) in [6.07, 6.45) is 5.67. The molecule has 2 aliphatic carbocycles. The van der Waals surface area contributed by atoms with E-state index < -0.39 is 0 Å². The Labute approximate surface area is 118 Å². The highest BCUT2D eigenvalue weighted by Gasteiger charge is 2.49. The summed E-state index contributed by atoms with van der Waals surface area (Å²) in [5.41, 5.74) is 0.220. The maximum atomic E-state index is 9.75. The molecule has 0 aliphatic heterocycles. The van der Waals surface area contributed by atoms with Crippen molar-refractivity contribution in [3.05, 3.63) is 0 Å². The predicted octanol–water partition coefficient (Wildman–Crippen LogP) is 2.72. The van der Waals surface area contributed by atoms with Gasteiger partial charge in [0.15, 0.2) is 0 Å². The van der Waals surface area contributed by atoms with Gasteiger partial charge in [-0.2, -0.15) is 0 Å². The van der Waals surface area contributed by atoms with E-state index in [0.29, 0.717) is 24.1 Å². The molecule has 19 heavy (non-hydrogen) atoms. The van der Waals surface area contributed by atoms with E-state index in [4.69, 9.17) is 4.74 Å². The highest BCUT2D eigenvalue weighted by atomic mass is 16.5. The van der Waals surface area contributed by atoms with Gasteiger partial charge >= 0.3 is 0 Å². The van der Waals surface area contributed by atoms with Crippen LogP contribution in [0.5, 0.6) is 0 Å². The normalized spacial score (nSPS) is 38.2. The predicted molar refractivity (Wildman–Crippen MR) is 78.2 cm³/mol. The Morgan fingerprint density at radius 3 is 2.58 bits per heavy atom. The van der Waals surface area contributed by atoms with Crippen LogP contribution in [0.3, 0.4) is 0 Å². The third-order valence-corrected chi connectivity index (χ3v) is 4.89. The Bertz CT molecular complexity index is 290. The number of aliphatic hydroxyl groups excluding tert-OH is 1. The van der Waals surface area contributed by atoms with Crippen LogP contribution in [0.1, 0.15) is 59.8 Å². The lowest BCUT2D eigenvalue weighted by Gasteiger charge is -2.53. The second-order valence-electron chi connectivity index (χ2n) is 7.51. The fourth-order valence-electron chi connectivity index (χ4n) is 3.36. The van der Waals surface area contributed by atoms with Gasteiger partial charge in [0, 0.05) is 24.1 Å². The van der Waals surface area contributed by atoms with Crippen molar-refractivity contribution in [3.63, 3.8) is 0 Å². The topological polar surface area (TPSA) is 41.5 Å². The first-order valence-corrected chi connectivity index (χ1v) is 7.95. The Kier molecular flexibility index (Phi) is 4.91. The van der Waals surface area contributed by atoms with Gasteiger partial charge in [-0.05, 0) is 38.0 Å².